The molecule has 1 N–H and O–H groups in total. The Morgan fingerprint density at radius 2 is 2.25 bits per heavy atom. The highest BCUT2D eigenvalue weighted by Gasteiger charge is 2.07. The fourth-order valence-electron chi connectivity index (χ4n) is 1.44. The first kappa shape index (κ1) is 11.0. The van der Waals surface area contributed by atoms with E-state index in [1.807, 2.05) is 7.05 Å². The first-order valence-electron chi connectivity index (χ1n) is 4.71. The van der Waals surface area contributed by atoms with E-state index in [1.165, 1.54) is 12.1 Å². The molecule has 2 rings (SSSR count). The van der Waals surface area contributed by atoms with Crippen LogP contribution >= 0.6 is 11.6 Å². The molecule has 16 heavy (non-hydrogen) atoms. The van der Waals surface area contributed by atoms with Gasteiger partial charge in [0.1, 0.15) is 5.82 Å². The minimum absolute atomic E-state index is 0.334. The van der Waals surface area contributed by atoms with Gasteiger partial charge in [-0.15, -0.1) is 5.10 Å². The monoisotopic (exact) mass is 240 g/mol. The van der Waals surface area contributed by atoms with Crippen molar-refractivity contribution in [2.24, 2.45) is 0 Å². The Morgan fingerprint density at radius 3 is 2.94 bits per heavy atom. The molecule has 0 spiro atoms. The molecule has 2 aromatic rings. The van der Waals surface area contributed by atoms with Gasteiger partial charge >= 0.3 is 0 Å². The zero-order valence-electron chi connectivity index (χ0n) is 8.61. The maximum absolute atomic E-state index is 13.2. The van der Waals surface area contributed by atoms with Crippen LogP contribution in [0.3, 0.4) is 0 Å². The van der Waals surface area contributed by atoms with Crippen molar-refractivity contribution in [2.45, 2.75) is 6.54 Å². The highest BCUT2D eigenvalue weighted by atomic mass is 35.5. The van der Waals surface area contributed by atoms with Crippen LogP contribution in [-0.4, -0.2) is 22.0 Å². The van der Waals surface area contributed by atoms with Gasteiger partial charge in [-0.2, -0.15) is 0 Å². The van der Waals surface area contributed by atoms with Gasteiger partial charge in [-0.1, -0.05) is 16.8 Å². The van der Waals surface area contributed by atoms with Crippen molar-refractivity contribution in [2.75, 3.05) is 7.05 Å². The number of nitrogens with zero attached hydrogens (tertiary/aromatic N) is 3. The molecule has 0 aliphatic rings. The van der Waals surface area contributed by atoms with Crippen molar-refractivity contribution >= 4 is 11.6 Å². The molecule has 1 aromatic heterocycles. The molecule has 0 amide bonds. The van der Waals surface area contributed by atoms with Crippen LogP contribution in [0.15, 0.2) is 24.4 Å². The largest absolute Gasteiger partial charge is 0.314 e. The van der Waals surface area contributed by atoms with Gasteiger partial charge < -0.3 is 5.32 Å². The lowest BCUT2D eigenvalue weighted by molar-refractivity contribution is 0.623. The molecular formula is C10H10ClFN4. The van der Waals surface area contributed by atoms with Gasteiger partial charge in [0, 0.05) is 11.6 Å². The Labute approximate surface area is 97.0 Å². The predicted molar refractivity (Wildman–Crippen MR) is 59.1 cm³/mol. The highest BCUT2D eigenvalue weighted by molar-refractivity contribution is 6.30. The van der Waals surface area contributed by atoms with Crippen LogP contribution < -0.4 is 5.32 Å². The number of aromatic nitrogens is 3. The summed E-state index contributed by atoms with van der Waals surface area (Å²) >= 11 is 5.78. The molecule has 0 unspecified atom stereocenters. The van der Waals surface area contributed by atoms with Gasteiger partial charge in [-0.25, -0.2) is 9.07 Å². The Morgan fingerprint density at radius 1 is 1.44 bits per heavy atom. The van der Waals surface area contributed by atoms with E-state index in [2.05, 4.69) is 15.6 Å². The second-order valence-corrected chi connectivity index (χ2v) is 3.73. The Balaban J connectivity index is 2.45. The first-order valence-corrected chi connectivity index (χ1v) is 5.09. The number of benzene rings is 1. The van der Waals surface area contributed by atoms with E-state index in [0.29, 0.717) is 17.3 Å². The average Bonchev–Trinajstić information content (AvgIpc) is 2.65. The van der Waals surface area contributed by atoms with Gasteiger partial charge in [-0.3, -0.25) is 0 Å². The van der Waals surface area contributed by atoms with Crippen molar-refractivity contribution < 1.29 is 4.39 Å². The second kappa shape index (κ2) is 4.59. The maximum atomic E-state index is 13.2. The molecule has 0 bridgehead atoms. The summed E-state index contributed by atoms with van der Waals surface area (Å²) < 4.78 is 14.7. The summed E-state index contributed by atoms with van der Waals surface area (Å²) in [5.74, 6) is -0.395. The van der Waals surface area contributed by atoms with E-state index < -0.39 is 5.82 Å². The van der Waals surface area contributed by atoms with E-state index in [1.54, 1.807) is 16.9 Å². The average molecular weight is 241 g/mol. The minimum atomic E-state index is -0.395. The molecule has 6 heteroatoms. The third-order valence-electron chi connectivity index (χ3n) is 2.07. The van der Waals surface area contributed by atoms with Crippen LogP contribution in [-0.2, 0) is 6.54 Å². The van der Waals surface area contributed by atoms with E-state index in [9.17, 15) is 4.39 Å². The molecule has 0 aliphatic carbocycles. The lowest BCUT2D eigenvalue weighted by Gasteiger charge is -2.06. The quantitative estimate of drug-likeness (QED) is 0.889. The summed E-state index contributed by atoms with van der Waals surface area (Å²) in [7, 11) is 1.82. The molecule has 0 saturated carbocycles. The molecule has 4 nitrogen and oxygen atoms in total. The number of nitrogens with one attached hydrogen (secondary N) is 1. The smallest absolute Gasteiger partial charge is 0.126 e. The van der Waals surface area contributed by atoms with Crippen LogP contribution in [0.4, 0.5) is 4.39 Å². The molecule has 0 atom stereocenters. The lowest BCUT2D eigenvalue weighted by atomic mass is 10.3. The summed E-state index contributed by atoms with van der Waals surface area (Å²) in [6.07, 6.45) is 1.62. The topological polar surface area (TPSA) is 42.7 Å². The molecule has 1 heterocycles. The van der Waals surface area contributed by atoms with Crippen molar-refractivity contribution in [1.82, 2.24) is 20.3 Å². The number of hydrogen-bond acceptors (Lipinski definition) is 3. The fraction of sp³-hybridized carbons (Fsp3) is 0.200. The molecular weight excluding hydrogens is 231 g/mol. The standard InChI is InChI=1S/C10H10ClFN4/c1-13-5-10-6-14-15-16(10)9-3-7(11)2-8(12)4-9/h2-4,6,13H,5H2,1H3. The van der Waals surface area contributed by atoms with Gasteiger partial charge in [-0.05, 0) is 25.2 Å². The van der Waals surface area contributed by atoms with Crippen molar-refractivity contribution in [3.63, 3.8) is 0 Å². The minimum Gasteiger partial charge on any atom is -0.314 e. The van der Waals surface area contributed by atoms with Crippen LogP contribution in [0.5, 0.6) is 0 Å². The number of rotatable bonds is 3. The Hall–Kier alpha value is -1.46. The third-order valence-corrected chi connectivity index (χ3v) is 2.29. The fourth-order valence-corrected chi connectivity index (χ4v) is 1.65. The highest BCUT2D eigenvalue weighted by Crippen LogP contribution is 2.17. The van der Waals surface area contributed by atoms with Gasteiger partial charge in [0.15, 0.2) is 0 Å². The van der Waals surface area contributed by atoms with Crippen LogP contribution in [0.25, 0.3) is 5.69 Å². The Bertz CT molecular complexity index is 477. The van der Waals surface area contributed by atoms with E-state index in [0.717, 1.165) is 5.69 Å². The lowest BCUT2D eigenvalue weighted by Crippen LogP contribution is -2.11. The van der Waals surface area contributed by atoms with E-state index in [-0.39, 0.29) is 0 Å². The van der Waals surface area contributed by atoms with Crippen molar-refractivity contribution in [3.05, 3.63) is 40.9 Å². The van der Waals surface area contributed by atoms with Gasteiger partial charge in [0.05, 0.1) is 17.6 Å². The van der Waals surface area contributed by atoms with E-state index in [4.69, 9.17) is 11.6 Å². The van der Waals surface area contributed by atoms with Crippen LogP contribution in [0, 0.1) is 5.82 Å². The van der Waals surface area contributed by atoms with Gasteiger partial charge in [0.25, 0.3) is 0 Å². The number of halogens is 2. The first-order chi connectivity index (χ1) is 7.70. The molecule has 0 saturated heterocycles. The summed E-state index contributed by atoms with van der Waals surface area (Å²) in [6.45, 7) is 0.598. The van der Waals surface area contributed by atoms with Crippen molar-refractivity contribution in [1.29, 1.82) is 0 Å². The summed E-state index contributed by atoms with van der Waals surface area (Å²) in [5.41, 5.74) is 1.40. The molecule has 84 valence electrons. The SMILES string of the molecule is CNCc1cnnn1-c1cc(F)cc(Cl)c1. The third kappa shape index (κ3) is 2.20. The molecule has 0 fully saturated rings. The summed E-state index contributed by atoms with van der Waals surface area (Å²) in [5, 5.41) is 11.0. The zero-order chi connectivity index (χ0) is 11.5. The summed E-state index contributed by atoms with van der Waals surface area (Å²) in [6, 6.07) is 4.25. The Kier molecular flexibility index (Phi) is 3.17. The van der Waals surface area contributed by atoms with Crippen LogP contribution in [0.2, 0.25) is 5.02 Å². The normalized spacial score (nSPS) is 10.7. The molecule has 0 aliphatic heterocycles. The van der Waals surface area contributed by atoms with E-state index >= 15 is 0 Å². The molecule has 0 radical (unpaired) electrons. The maximum Gasteiger partial charge on any atom is 0.126 e. The summed E-state index contributed by atoms with van der Waals surface area (Å²) in [4.78, 5) is 0. The predicted octanol–water partition coefficient (Wildman–Crippen LogP) is 1.78. The van der Waals surface area contributed by atoms with Gasteiger partial charge in [0.2, 0.25) is 0 Å². The van der Waals surface area contributed by atoms with Crippen LogP contribution in [0.1, 0.15) is 5.69 Å². The second-order valence-electron chi connectivity index (χ2n) is 3.30. The molecule has 1 aromatic carbocycles. The zero-order valence-corrected chi connectivity index (χ0v) is 9.37. The van der Waals surface area contributed by atoms with Crippen molar-refractivity contribution in [3.8, 4) is 5.69 Å². The number of hydrogen-bond donors (Lipinski definition) is 1.